The Labute approximate surface area is 201 Å². The van der Waals surface area contributed by atoms with Crippen LogP contribution in [0.3, 0.4) is 0 Å². The topological polar surface area (TPSA) is 20.3 Å². The van der Waals surface area contributed by atoms with Crippen molar-refractivity contribution in [2.75, 3.05) is 4.90 Å². The molecule has 5 aromatic carbocycles. The van der Waals surface area contributed by atoms with Crippen molar-refractivity contribution >= 4 is 44.0 Å². The van der Waals surface area contributed by atoms with Gasteiger partial charge in [0.25, 0.3) is 5.91 Å². The van der Waals surface area contributed by atoms with Crippen LogP contribution < -0.4 is 4.90 Å². The first kappa shape index (κ1) is 20.0. The van der Waals surface area contributed by atoms with Crippen LogP contribution in [0.4, 0.5) is 11.4 Å². The highest BCUT2D eigenvalue weighted by Gasteiger charge is 2.51. The van der Waals surface area contributed by atoms with Crippen molar-refractivity contribution in [1.29, 1.82) is 0 Å². The van der Waals surface area contributed by atoms with Gasteiger partial charge in [-0.2, -0.15) is 0 Å². The molecule has 0 N–H and O–H groups in total. The van der Waals surface area contributed by atoms with Crippen LogP contribution in [0.25, 0.3) is 10.8 Å². The van der Waals surface area contributed by atoms with E-state index in [9.17, 15) is 4.79 Å². The summed E-state index contributed by atoms with van der Waals surface area (Å²) in [7, 11) is 0. The number of hydrogen-bond donors (Lipinski definition) is 0. The third-order valence-electron chi connectivity index (χ3n) is 6.56. The summed E-state index contributed by atoms with van der Waals surface area (Å²) in [4.78, 5) is 16.8. The number of carbonyl (C=O) groups is 1. The number of carbonyl (C=O) groups excluding carboxylic acids is 1. The van der Waals surface area contributed by atoms with Gasteiger partial charge in [0.2, 0.25) is 0 Å². The Kier molecular flexibility index (Phi) is 4.67. The molecule has 1 amide bonds. The number of para-hydroxylation sites is 1. The standard InChI is InChI=1S/C30H20BrNO/c31-25-18-7-8-19-26(25)32-27-20-10-12-21-11-9-17-24(28(21)27)30(29(32)33,22-13-3-1-4-14-22)23-15-5-2-6-16-23/h1-20H. The average Bonchev–Trinajstić information content (AvgIpc) is 2.87. The van der Waals surface area contributed by atoms with Crippen LogP contribution in [0.1, 0.15) is 16.7 Å². The molecular formula is C30H20BrNO. The fourth-order valence-corrected chi connectivity index (χ4v) is 5.65. The Morgan fingerprint density at radius 2 is 1.12 bits per heavy atom. The first-order valence-electron chi connectivity index (χ1n) is 11.0. The van der Waals surface area contributed by atoms with Crippen LogP contribution in [-0.2, 0) is 10.2 Å². The summed E-state index contributed by atoms with van der Waals surface area (Å²) in [5.74, 6) is 0.0120. The number of benzene rings is 5. The fraction of sp³-hybridized carbons (Fsp3) is 0.0333. The van der Waals surface area contributed by atoms with Crippen molar-refractivity contribution in [2.24, 2.45) is 0 Å². The van der Waals surface area contributed by atoms with Gasteiger partial charge in [0.15, 0.2) is 0 Å². The number of amides is 1. The monoisotopic (exact) mass is 489 g/mol. The molecular weight excluding hydrogens is 470 g/mol. The number of nitrogens with zero attached hydrogens (tertiary/aromatic N) is 1. The number of rotatable bonds is 3. The Bertz CT molecular complexity index is 1450. The molecule has 0 fully saturated rings. The molecule has 0 unspecified atom stereocenters. The number of halogens is 1. The van der Waals surface area contributed by atoms with Gasteiger partial charge in [0.1, 0.15) is 5.41 Å². The highest BCUT2D eigenvalue weighted by Crippen LogP contribution is 2.52. The SMILES string of the molecule is O=C1N(c2ccccc2Br)c2cccc3cccc(c23)C1(c1ccccc1)c1ccccc1. The van der Waals surface area contributed by atoms with Crippen molar-refractivity contribution in [2.45, 2.75) is 5.41 Å². The lowest BCUT2D eigenvalue weighted by molar-refractivity contribution is -0.121. The summed E-state index contributed by atoms with van der Waals surface area (Å²) in [5, 5.41) is 2.22. The molecule has 0 aromatic heterocycles. The fourth-order valence-electron chi connectivity index (χ4n) is 5.19. The summed E-state index contributed by atoms with van der Waals surface area (Å²) < 4.78 is 0.879. The lowest BCUT2D eigenvalue weighted by Crippen LogP contribution is -2.49. The normalized spacial score (nSPS) is 14.5. The highest BCUT2D eigenvalue weighted by atomic mass is 79.9. The maximum atomic E-state index is 14.9. The van der Waals surface area contributed by atoms with Crippen LogP contribution >= 0.6 is 15.9 Å². The second-order valence-corrected chi connectivity index (χ2v) is 9.11. The lowest BCUT2D eigenvalue weighted by Gasteiger charge is -2.44. The van der Waals surface area contributed by atoms with Gasteiger partial charge >= 0.3 is 0 Å². The van der Waals surface area contributed by atoms with Gasteiger partial charge in [-0.3, -0.25) is 9.69 Å². The minimum absolute atomic E-state index is 0.0120. The van der Waals surface area contributed by atoms with E-state index in [1.54, 1.807) is 0 Å². The molecule has 33 heavy (non-hydrogen) atoms. The maximum absolute atomic E-state index is 14.9. The van der Waals surface area contributed by atoms with Crippen LogP contribution in [0.15, 0.2) is 126 Å². The molecule has 5 aromatic rings. The van der Waals surface area contributed by atoms with Crippen molar-refractivity contribution < 1.29 is 4.79 Å². The lowest BCUT2D eigenvalue weighted by atomic mass is 9.65. The van der Waals surface area contributed by atoms with Crippen molar-refractivity contribution in [3.05, 3.63) is 142 Å². The summed E-state index contributed by atoms with van der Waals surface area (Å²) in [5.41, 5.74) is 3.69. The Morgan fingerprint density at radius 1 is 0.576 bits per heavy atom. The van der Waals surface area contributed by atoms with Gasteiger partial charge in [-0.25, -0.2) is 0 Å². The maximum Gasteiger partial charge on any atom is 0.251 e. The minimum atomic E-state index is -0.980. The van der Waals surface area contributed by atoms with E-state index in [-0.39, 0.29) is 5.91 Å². The number of hydrogen-bond acceptors (Lipinski definition) is 1. The zero-order valence-electron chi connectivity index (χ0n) is 17.8. The number of anilines is 2. The van der Waals surface area contributed by atoms with E-state index >= 15 is 0 Å². The van der Waals surface area contributed by atoms with Gasteiger partial charge in [-0.05, 0) is 56.2 Å². The summed E-state index contributed by atoms with van der Waals surface area (Å²) in [6.45, 7) is 0. The van der Waals surface area contributed by atoms with Gasteiger partial charge in [0.05, 0.1) is 11.4 Å². The Morgan fingerprint density at radius 3 is 1.76 bits per heavy atom. The molecule has 3 heteroatoms. The molecule has 6 rings (SSSR count). The molecule has 1 aliphatic rings. The summed E-state index contributed by atoms with van der Waals surface area (Å²) in [6.07, 6.45) is 0. The largest absolute Gasteiger partial charge is 0.278 e. The molecule has 0 saturated heterocycles. The first-order chi connectivity index (χ1) is 16.2. The summed E-state index contributed by atoms with van der Waals surface area (Å²) in [6, 6.07) is 40.7. The van der Waals surface area contributed by atoms with Crippen molar-refractivity contribution in [1.82, 2.24) is 0 Å². The molecule has 0 spiro atoms. The molecule has 1 aliphatic heterocycles. The van der Waals surface area contributed by atoms with Gasteiger partial charge < -0.3 is 0 Å². The molecule has 1 heterocycles. The zero-order chi connectivity index (χ0) is 22.4. The van der Waals surface area contributed by atoms with E-state index in [1.807, 2.05) is 77.7 Å². The van der Waals surface area contributed by atoms with E-state index in [2.05, 4.69) is 64.5 Å². The van der Waals surface area contributed by atoms with Crippen LogP contribution in [0.5, 0.6) is 0 Å². The third-order valence-corrected chi connectivity index (χ3v) is 7.23. The molecule has 0 bridgehead atoms. The Balaban J connectivity index is 1.82. The van der Waals surface area contributed by atoms with Gasteiger partial charge in [0, 0.05) is 9.86 Å². The van der Waals surface area contributed by atoms with Crippen LogP contribution in [-0.4, -0.2) is 5.91 Å². The van der Waals surface area contributed by atoms with E-state index < -0.39 is 5.41 Å². The molecule has 0 saturated carbocycles. The highest BCUT2D eigenvalue weighted by molar-refractivity contribution is 9.10. The van der Waals surface area contributed by atoms with Gasteiger partial charge in [-0.15, -0.1) is 0 Å². The molecule has 158 valence electrons. The van der Waals surface area contributed by atoms with E-state index in [4.69, 9.17) is 0 Å². The third kappa shape index (κ3) is 2.82. The van der Waals surface area contributed by atoms with Crippen molar-refractivity contribution in [3.63, 3.8) is 0 Å². The van der Waals surface area contributed by atoms with Crippen LogP contribution in [0.2, 0.25) is 0 Å². The van der Waals surface area contributed by atoms with E-state index in [1.165, 1.54) is 0 Å². The molecule has 2 nitrogen and oxygen atoms in total. The quantitative estimate of drug-likeness (QED) is 0.255. The minimum Gasteiger partial charge on any atom is -0.278 e. The van der Waals surface area contributed by atoms with E-state index in [0.717, 1.165) is 43.3 Å². The van der Waals surface area contributed by atoms with E-state index in [0.29, 0.717) is 0 Å². The Hall–Kier alpha value is -3.69. The molecule has 0 radical (unpaired) electrons. The molecule has 0 aliphatic carbocycles. The predicted octanol–water partition coefficient (Wildman–Crippen LogP) is 7.62. The zero-order valence-corrected chi connectivity index (χ0v) is 19.4. The van der Waals surface area contributed by atoms with Crippen LogP contribution in [0, 0.1) is 0 Å². The van der Waals surface area contributed by atoms with Crippen molar-refractivity contribution in [3.8, 4) is 0 Å². The second kappa shape index (κ2) is 7.72. The first-order valence-corrected chi connectivity index (χ1v) is 11.7. The average molecular weight is 490 g/mol. The predicted molar refractivity (Wildman–Crippen MR) is 138 cm³/mol. The second-order valence-electron chi connectivity index (χ2n) is 8.25. The smallest absolute Gasteiger partial charge is 0.251 e. The summed E-state index contributed by atoms with van der Waals surface area (Å²) >= 11 is 3.70. The molecule has 0 atom stereocenters. The van der Waals surface area contributed by atoms with Gasteiger partial charge in [-0.1, -0.05) is 103 Å².